The molecule has 0 radical (unpaired) electrons. The minimum Gasteiger partial charge on any atom is -0.399 e. The first-order chi connectivity index (χ1) is 15.9. The zero-order valence-electron chi connectivity index (χ0n) is 19.8. The molecule has 0 spiro atoms. The lowest BCUT2D eigenvalue weighted by Gasteiger charge is -2.32. The van der Waals surface area contributed by atoms with Crippen molar-refractivity contribution in [1.29, 1.82) is 0 Å². The van der Waals surface area contributed by atoms with Crippen LogP contribution in [0.3, 0.4) is 0 Å². The van der Waals surface area contributed by atoms with E-state index in [0.717, 1.165) is 23.8 Å². The number of aromatic nitrogens is 1. The largest absolute Gasteiger partial charge is 0.494 e. The molecule has 5 rings (SSSR count). The monoisotopic (exact) mass is 479 g/mol. The molecule has 1 atom stereocenters. The molecule has 184 valence electrons. The van der Waals surface area contributed by atoms with Gasteiger partial charge in [0.05, 0.1) is 34.5 Å². The number of nitrogens with zero attached hydrogens (tertiary/aromatic N) is 2. The average Bonchev–Trinajstić information content (AvgIpc) is 3.29. The molecule has 3 aliphatic rings. The molecule has 0 saturated carbocycles. The van der Waals surface area contributed by atoms with Crippen molar-refractivity contribution >= 4 is 29.2 Å². The molecule has 1 aromatic heterocycles. The van der Waals surface area contributed by atoms with E-state index < -0.39 is 36.6 Å². The van der Waals surface area contributed by atoms with E-state index in [2.05, 4.69) is 5.43 Å². The van der Waals surface area contributed by atoms with Gasteiger partial charge in [-0.05, 0) is 58.5 Å². The highest BCUT2D eigenvalue weighted by Gasteiger charge is 2.51. The van der Waals surface area contributed by atoms with Crippen LogP contribution in [0.25, 0.3) is 10.9 Å². The third-order valence-corrected chi connectivity index (χ3v) is 7.34. The third kappa shape index (κ3) is 4.02. The molecule has 2 saturated heterocycles. The van der Waals surface area contributed by atoms with Gasteiger partial charge in [-0.2, -0.15) is 18.2 Å². The Bertz CT molecular complexity index is 1160. The second-order valence-corrected chi connectivity index (χ2v) is 10.3. The van der Waals surface area contributed by atoms with E-state index in [9.17, 15) is 18.0 Å². The van der Waals surface area contributed by atoms with Crippen LogP contribution < -0.4 is 16.4 Å². The SMILES string of the molecule is CC1(C)OB(c2ccc3c4c(c(=O)n(CC(F)(F)F)c3c2)CN(C2CCCCO2)N4)OC1(C)C. The number of alkyl halides is 3. The summed E-state index contributed by atoms with van der Waals surface area (Å²) >= 11 is 0. The molecule has 1 unspecified atom stereocenters. The first-order valence-electron chi connectivity index (χ1n) is 11.6. The van der Waals surface area contributed by atoms with Gasteiger partial charge >= 0.3 is 13.3 Å². The van der Waals surface area contributed by atoms with Crippen LogP contribution in [-0.2, 0) is 27.1 Å². The Morgan fingerprint density at radius 3 is 2.47 bits per heavy atom. The van der Waals surface area contributed by atoms with Gasteiger partial charge < -0.3 is 19.5 Å². The highest BCUT2D eigenvalue weighted by atomic mass is 19.4. The topological polar surface area (TPSA) is 65.0 Å². The number of hydrazine groups is 1. The Morgan fingerprint density at radius 2 is 1.85 bits per heavy atom. The van der Waals surface area contributed by atoms with Crippen molar-refractivity contribution in [3.63, 3.8) is 0 Å². The molecule has 0 bridgehead atoms. The minimum atomic E-state index is -4.55. The van der Waals surface area contributed by atoms with Crippen LogP contribution >= 0.6 is 0 Å². The molecule has 3 aliphatic heterocycles. The fourth-order valence-corrected chi connectivity index (χ4v) is 4.76. The highest BCUT2D eigenvalue weighted by molar-refractivity contribution is 6.62. The summed E-state index contributed by atoms with van der Waals surface area (Å²) in [5.74, 6) is 0. The molecule has 2 aromatic rings. The summed E-state index contributed by atoms with van der Waals surface area (Å²) in [6.07, 6.45) is -2.02. The van der Waals surface area contributed by atoms with Crippen molar-refractivity contribution in [2.75, 3.05) is 12.0 Å². The van der Waals surface area contributed by atoms with Crippen molar-refractivity contribution in [3.05, 3.63) is 34.1 Å². The molecule has 34 heavy (non-hydrogen) atoms. The van der Waals surface area contributed by atoms with Crippen molar-refractivity contribution < 1.29 is 27.2 Å². The zero-order valence-corrected chi connectivity index (χ0v) is 19.8. The second kappa shape index (κ2) is 7.98. The smallest absolute Gasteiger partial charge is 0.399 e. The number of pyridine rings is 1. The van der Waals surface area contributed by atoms with Gasteiger partial charge in [0.2, 0.25) is 0 Å². The van der Waals surface area contributed by atoms with Gasteiger partial charge in [0, 0.05) is 12.0 Å². The van der Waals surface area contributed by atoms with E-state index in [1.165, 1.54) is 0 Å². The first-order valence-corrected chi connectivity index (χ1v) is 11.6. The van der Waals surface area contributed by atoms with Gasteiger partial charge in [-0.15, -0.1) is 0 Å². The maximum atomic E-state index is 13.5. The molecule has 2 fully saturated rings. The lowest BCUT2D eigenvalue weighted by atomic mass is 9.78. The second-order valence-electron chi connectivity index (χ2n) is 10.3. The summed E-state index contributed by atoms with van der Waals surface area (Å²) in [5.41, 5.74) is 2.99. The normalized spacial score (nSPS) is 24.4. The van der Waals surface area contributed by atoms with Crippen molar-refractivity contribution in [2.24, 2.45) is 0 Å². The molecule has 7 nitrogen and oxygen atoms in total. The number of rotatable bonds is 3. The number of halogens is 3. The Hall–Kier alpha value is -2.08. The van der Waals surface area contributed by atoms with E-state index in [1.54, 1.807) is 18.2 Å². The number of nitrogens with one attached hydrogen (secondary N) is 1. The summed E-state index contributed by atoms with van der Waals surface area (Å²) in [6.45, 7) is 7.07. The van der Waals surface area contributed by atoms with Crippen LogP contribution in [0, 0.1) is 0 Å². The number of hydrogen-bond donors (Lipinski definition) is 1. The van der Waals surface area contributed by atoms with E-state index in [4.69, 9.17) is 14.0 Å². The van der Waals surface area contributed by atoms with Gasteiger partial charge in [0.15, 0.2) is 0 Å². The summed E-state index contributed by atoms with van der Waals surface area (Å²) in [4.78, 5) is 13.3. The maximum Gasteiger partial charge on any atom is 0.494 e. The summed E-state index contributed by atoms with van der Waals surface area (Å²) in [6, 6.07) is 5.10. The third-order valence-electron chi connectivity index (χ3n) is 7.34. The number of hydrogen-bond acceptors (Lipinski definition) is 6. The van der Waals surface area contributed by atoms with Crippen molar-refractivity contribution in [3.8, 4) is 0 Å². The molecular formula is C23H29BF3N3O4. The summed E-state index contributed by atoms with van der Waals surface area (Å²) in [7, 11) is -0.753. The average molecular weight is 479 g/mol. The van der Waals surface area contributed by atoms with Gasteiger partial charge in [-0.25, -0.2) is 0 Å². The fraction of sp³-hybridized carbons (Fsp3) is 0.609. The Labute approximate surface area is 196 Å². The Kier molecular flexibility index (Phi) is 5.55. The minimum absolute atomic E-state index is 0.186. The van der Waals surface area contributed by atoms with Gasteiger partial charge in [0.1, 0.15) is 12.8 Å². The Balaban J connectivity index is 1.60. The number of benzene rings is 1. The number of ether oxygens (including phenoxy) is 1. The van der Waals surface area contributed by atoms with E-state index >= 15 is 0 Å². The van der Waals surface area contributed by atoms with Crippen molar-refractivity contribution in [1.82, 2.24) is 9.58 Å². The lowest BCUT2D eigenvalue weighted by Crippen LogP contribution is -2.41. The lowest BCUT2D eigenvalue weighted by molar-refractivity contribution is -0.140. The highest BCUT2D eigenvalue weighted by Crippen LogP contribution is 2.38. The van der Waals surface area contributed by atoms with Crippen LogP contribution in [0.1, 0.15) is 52.5 Å². The molecular weight excluding hydrogens is 450 g/mol. The predicted molar refractivity (Wildman–Crippen MR) is 123 cm³/mol. The predicted octanol–water partition coefficient (Wildman–Crippen LogP) is 3.53. The maximum absolute atomic E-state index is 13.5. The van der Waals surface area contributed by atoms with Crippen LogP contribution in [0.4, 0.5) is 18.9 Å². The summed E-state index contributed by atoms with van der Waals surface area (Å²) in [5, 5.41) is 2.35. The number of fused-ring (bicyclic) bond motifs is 3. The van der Waals surface area contributed by atoms with Gasteiger partial charge in [-0.3, -0.25) is 9.36 Å². The van der Waals surface area contributed by atoms with Crippen molar-refractivity contribution in [2.45, 2.75) is 83.7 Å². The fourth-order valence-electron chi connectivity index (χ4n) is 4.76. The van der Waals surface area contributed by atoms with Crippen LogP contribution in [-0.4, -0.2) is 46.9 Å². The zero-order chi connectivity index (χ0) is 24.5. The van der Waals surface area contributed by atoms with Crippen LogP contribution in [0.2, 0.25) is 0 Å². The standard InChI is InChI=1S/C23H29BF3N3O4/c1-21(2)22(3,4)34-24(33-21)14-8-9-15-17(11-14)29(13-23(25,26)27)20(31)16-12-30(28-19(15)16)18-7-5-6-10-32-18/h8-9,11,18,28H,5-7,10,12-13H2,1-4H3. The van der Waals surface area contributed by atoms with Gasteiger partial charge in [-0.1, -0.05) is 12.1 Å². The van der Waals surface area contributed by atoms with E-state index in [-0.39, 0.29) is 18.3 Å². The molecule has 1 aromatic carbocycles. The van der Waals surface area contributed by atoms with Crippen LogP contribution in [0.5, 0.6) is 0 Å². The molecule has 0 aliphatic carbocycles. The molecule has 0 amide bonds. The molecule has 1 N–H and O–H groups in total. The molecule has 11 heteroatoms. The Morgan fingerprint density at radius 1 is 1.15 bits per heavy atom. The van der Waals surface area contributed by atoms with Crippen LogP contribution in [0.15, 0.2) is 23.0 Å². The number of anilines is 1. The van der Waals surface area contributed by atoms with E-state index in [1.807, 2.05) is 32.7 Å². The quantitative estimate of drug-likeness (QED) is 0.680. The van der Waals surface area contributed by atoms with Gasteiger partial charge in [0.25, 0.3) is 5.56 Å². The molecule has 4 heterocycles. The summed E-state index contributed by atoms with van der Waals surface area (Å²) < 4.78 is 59.4. The first kappa shape index (κ1) is 23.7. The van der Waals surface area contributed by atoms with E-state index in [0.29, 0.717) is 28.7 Å².